The summed E-state index contributed by atoms with van der Waals surface area (Å²) in [4.78, 5) is 6.88. The SMILES string of the molecule is Fc1ccc(-c2cnc(CN(CC3CCOC3)C3CC3)o2)cc1. The van der Waals surface area contributed by atoms with Crippen LogP contribution in [0.4, 0.5) is 4.39 Å². The highest BCUT2D eigenvalue weighted by atomic mass is 19.1. The van der Waals surface area contributed by atoms with Crippen molar-refractivity contribution in [2.24, 2.45) is 5.92 Å². The van der Waals surface area contributed by atoms with E-state index in [9.17, 15) is 4.39 Å². The molecule has 0 bridgehead atoms. The summed E-state index contributed by atoms with van der Waals surface area (Å²) in [6.07, 6.45) is 5.40. The molecule has 5 heteroatoms. The van der Waals surface area contributed by atoms with E-state index in [2.05, 4.69) is 9.88 Å². The maximum Gasteiger partial charge on any atom is 0.209 e. The van der Waals surface area contributed by atoms with E-state index in [1.54, 1.807) is 18.3 Å². The Morgan fingerprint density at radius 1 is 1.17 bits per heavy atom. The minimum atomic E-state index is -0.243. The Labute approximate surface area is 135 Å². The van der Waals surface area contributed by atoms with Gasteiger partial charge in [-0.1, -0.05) is 0 Å². The highest BCUT2D eigenvalue weighted by Gasteiger charge is 2.32. The lowest BCUT2D eigenvalue weighted by Crippen LogP contribution is -2.31. The zero-order chi connectivity index (χ0) is 15.6. The Balaban J connectivity index is 1.43. The minimum Gasteiger partial charge on any atom is -0.439 e. The van der Waals surface area contributed by atoms with E-state index in [1.165, 1.54) is 25.0 Å². The van der Waals surface area contributed by atoms with Gasteiger partial charge in [0.2, 0.25) is 5.89 Å². The van der Waals surface area contributed by atoms with Gasteiger partial charge in [-0.3, -0.25) is 4.90 Å². The average molecular weight is 316 g/mol. The normalized spacial score (nSPS) is 21.2. The third-order valence-corrected chi connectivity index (χ3v) is 4.60. The van der Waals surface area contributed by atoms with E-state index in [1.807, 2.05) is 0 Å². The second-order valence-electron chi connectivity index (χ2n) is 6.52. The van der Waals surface area contributed by atoms with Crippen LogP contribution in [0.2, 0.25) is 0 Å². The molecule has 1 saturated carbocycles. The number of aromatic nitrogens is 1. The molecule has 1 unspecified atom stereocenters. The Bertz CT molecular complexity index is 645. The molecule has 1 aromatic carbocycles. The summed E-state index contributed by atoms with van der Waals surface area (Å²) in [7, 11) is 0. The van der Waals surface area contributed by atoms with E-state index >= 15 is 0 Å². The molecule has 0 N–H and O–H groups in total. The molecule has 0 radical (unpaired) electrons. The number of benzene rings is 1. The molecular weight excluding hydrogens is 295 g/mol. The van der Waals surface area contributed by atoms with Crippen molar-refractivity contribution in [2.75, 3.05) is 19.8 Å². The first kappa shape index (κ1) is 14.8. The topological polar surface area (TPSA) is 38.5 Å². The van der Waals surface area contributed by atoms with Crippen molar-refractivity contribution < 1.29 is 13.5 Å². The number of halogens is 1. The number of oxazole rings is 1. The summed E-state index contributed by atoms with van der Waals surface area (Å²) < 4.78 is 24.4. The zero-order valence-electron chi connectivity index (χ0n) is 13.1. The van der Waals surface area contributed by atoms with Crippen LogP contribution >= 0.6 is 0 Å². The predicted octanol–water partition coefficient (Wildman–Crippen LogP) is 3.48. The van der Waals surface area contributed by atoms with Crippen LogP contribution in [-0.4, -0.2) is 35.7 Å². The Hall–Kier alpha value is -1.72. The highest BCUT2D eigenvalue weighted by Crippen LogP contribution is 2.31. The molecule has 1 atom stereocenters. The van der Waals surface area contributed by atoms with Crippen molar-refractivity contribution in [3.05, 3.63) is 42.2 Å². The first-order chi connectivity index (χ1) is 11.3. The third kappa shape index (κ3) is 3.62. The molecule has 4 rings (SSSR count). The number of rotatable bonds is 6. The largest absolute Gasteiger partial charge is 0.439 e. The molecule has 4 nitrogen and oxygen atoms in total. The third-order valence-electron chi connectivity index (χ3n) is 4.60. The molecular formula is C18H21FN2O2. The van der Waals surface area contributed by atoms with E-state index in [0.717, 1.165) is 44.2 Å². The van der Waals surface area contributed by atoms with Gasteiger partial charge < -0.3 is 9.15 Å². The Kier molecular flexibility index (Phi) is 4.14. The van der Waals surface area contributed by atoms with Crippen molar-refractivity contribution >= 4 is 0 Å². The molecule has 23 heavy (non-hydrogen) atoms. The van der Waals surface area contributed by atoms with Gasteiger partial charge in [0, 0.05) is 24.8 Å². The summed E-state index contributed by atoms with van der Waals surface area (Å²) in [6.45, 7) is 3.55. The van der Waals surface area contributed by atoms with E-state index in [4.69, 9.17) is 9.15 Å². The minimum absolute atomic E-state index is 0.243. The molecule has 0 spiro atoms. The van der Waals surface area contributed by atoms with Crippen molar-refractivity contribution in [2.45, 2.75) is 31.8 Å². The highest BCUT2D eigenvalue weighted by molar-refractivity contribution is 5.55. The standard InChI is InChI=1S/C18H21FN2O2/c19-15-3-1-14(2-4-15)17-9-20-18(23-17)11-21(16-5-6-16)10-13-7-8-22-12-13/h1-4,9,13,16H,5-8,10-12H2. The molecule has 0 amide bonds. The maximum absolute atomic E-state index is 13.0. The fourth-order valence-electron chi connectivity index (χ4n) is 3.15. The monoisotopic (exact) mass is 316 g/mol. The van der Waals surface area contributed by atoms with Gasteiger partial charge in [0.1, 0.15) is 5.82 Å². The van der Waals surface area contributed by atoms with Crippen molar-refractivity contribution in [1.29, 1.82) is 0 Å². The van der Waals surface area contributed by atoms with Gasteiger partial charge in [0.05, 0.1) is 19.3 Å². The summed E-state index contributed by atoms with van der Waals surface area (Å²) in [5.74, 6) is 1.81. The predicted molar refractivity (Wildman–Crippen MR) is 84.3 cm³/mol. The molecule has 2 aliphatic rings. The summed E-state index contributed by atoms with van der Waals surface area (Å²) in [5.41, 5.74) is 0.854. The van der Waals surface area contributed by atoms with Crippen LogP contribution in [0, 0.1) is 11.7 Å². The van der Waals surface area contributed by atoms with Crippen LogP contribution in [0.3, 0.4) is 0 Å². The van der Waals surface area contributed by atoms with Gasteiger partial charge >= 0.3 is 0 Å². The van der Waals surface area contributed by atoms with Gasteiger partial charge in [0.25, 0.3) is 0 Å². The van der Waals surface area contributed by atoms with Gasteiger partial charge in [-0.25, -0.2) is 9.37 Å². The van der Waals surface area contributed by atoms with Gasteiger partial charge in [-0.15, -0.1) is 0 Å². The Morgan fingerprint density at radius 3 is 2.70 bits per heavy atom. The van der Waals surface area contributed by atoms with Crippen LogP contribution in [0.5, 0.6) is 0 Å². The molecule has 1 aliphatic heterocycles. The number of nitrogens with zero attached hydrogens (tertiary/aromatic N) is 2. The van der Waals surface area contributed by atoms with Gasteiger partial charge in [-0.05, 0) is 49.4 Å². The van der Waals surface area contributed by atoms with Crippen molar-refractivity contribution in [1.82, 2.24) is 9.88 Å². The van der Waals surface area contributed by atoms with Crippen LogP contribution in [0.1, 0.15) is 25.2 Å². The lowest BCUT2D eigenvalue weighted by atomic mass is 10.1. The number of hydrogen-bond donors (Lipinski definition) is 0. The zero-order valence-corrected chi connectivity index (χ0v) is 13.1. The first-order valence-corrected chi connectivity index (χ1v) is 8.30. The molecule has 1 aliphatic carbocycles. The lowest BCUT2D eigenvalue weighted by molar-refractivity contribution is 0.156. The number of ether oxygens (including phenoxy) is 1. The number of hydrogen-bond acceptors (Lipinski definition) is 4. The fraction of sp³-hybridized carbons (Fsp3) is 0.500. The molecule has 2 aromatic rings. The van der Waals surface area contributed by atoms with Crippen LogP contribution in [-0.2, 0) is 11.3 Å². The van der Waals surface area contributed by atoms with Crippen molar-refractivity contribution in [3.8, 4) is 11.3 Å². The molecule has 122 valence electrons. The maximum atomic E-state index is 13.0. The van der Waals surface area contributed by atoms with E-state index < -0.39 is 0 Å². The summed E-state index contributed by atoms with van der Waals surface area (Å²) >= 11 is 0. The molecule has 2 heterocycles. The van der Waals surface area contributed by atoms with Crippen LogP contribution < -0.4 is 0 Å². The lowest BCUT2D eigenvalue weighted by Gasteiger charge is -2.23. The smallest absolute Gasteiger partial charge is 0.209 e. The first-order valence-electron chi connectivity index (χ1n) is 8.30. The second kappa shape index (κ2) is 6.42. The molecule has 1 aromatic heterocycles. The Morgan fingerprint density at radius 2 is 2.00 bits per heavy atom. The van der Waals surface area contributed by atoms with Crippen LogP contribution in [0.15, 0.2) is 34.9 Å². The molecule has 1 saturated heterocycles. The van der Waals surface area contributed by atoms with Gasteiger partial charge in [-0.2, -0.15) is 0 Å². The van der Waals surface area contributed by atoms with E-state index in [-0.39, 0.29) is 5.82 Å². The van der Waals surface area contributed by atoms with Gasteiger partial charge in [0.15, 0.2) is 5.76 Å². The van der Waals surface area contributed by atoms with E-state index in [0.29, 0.717) is 17.7 Å². The summed E-state index contributed by atoms with van der Waals surface area (Å²) in [6, 6.07) is 6.97. The summed E-state index contributed by atoms with van der Waals surface area (Å²) in [5, 5.41) is 0. The quantitative estimate of drug-likeness (QED) is 0.818. The second-order valence-corrected chi connectivity index (χ2v) is 6.52. The fourth-order valence-corrected chi connectivity index (χ4v) is 3.15. The molecule has 2 fully saturated rings. The average Bonchev–Trinajstić information content (AvgIpc) is 3.08. The van der Waals surface area contributed by atoms with Crippen molar-refractivity contribution in [3.63, 3.8) is 0 Å². The van der Waals surface area contributed by atoms with Crippen LogP contribution in [0.25, 0.3) is 11.3 Å².